The van der Waals surface area contributed by atoms with E-state index in [1.165, 1.54) is 12.8 Å². The second kappa shape index (κ2) is 20.2. The van der Waals surface area contributed by atoms with E-state index >= 15 is 0 Å². The fraction of sp³-hybridized carbons (Fsp3) is 0.737. The Balaban J connectivity index is 0. The van der Waals surface area contributed by atoms with Crippen molar-refractivity contribution in [3.05, 3.63) is 12.7 Å². The normalized spacial score (nSPS) is 9.76. The molecule has 25 heavy (non-hydrogen) atoms. The molecule has 0 fully saturated rings. The van der Waals surface area contributed by atoms with Gasteiger partial charge in [0.2, 0.25) is 0 Å². The van der Waals surface area contributed by atoms with Crippen molar-refractivity contribution in [2.24, 2.45) is 0 Å². The van der Waals surface area contributed by atoms with Gasteiger partial charge in [-0.25, -0.2) is 0 Å². The van der Waals surface area contributed by atoms with Crippen LogP contribution in [0.4, 0.5) is 0 Å². The van der Waals surface area contributed by atoms with Crippen LogP contribution in [0.25, 0.3) is 0 Å². The van der Waals surface area contributed by atoms with Gasteiger partial charge in [0.05, 0.1) is 0 Å². The molecule has 0 aliphatic rings. The van der Waals surface area contributed by atoms with Crippen LogP contribution in [0.5, 0.6) is 0 Å². The Morgan fingerprint density at radius 2 is 0.840 bits per heavy atom. The summed E-state index contributed by atoms with van der Waals surface area (Å²) < 4.78 is 0. The van der Waals surface area contributed by atoms with Gasteiger partial charge in [-0.15, -0.1) is 6.58 Å². The minimum absolute atomic E-state index is 0.221. The summed E-state index contributed by atoms with van der Waals surface area (Å²) in [7, 11) is 0. The Bertz CT molecular complexity index is 347. The van der Waals surface area contributed by atoms with E-state index in [0.717, 1.165) is 44.9 Å². The summed E-state index contributed by atoms with van der Waals surface area (Å²) in [6.45, 7) is 3.64. The molecule has 0 aliphatic carbocycles. The van der Waals surface area contributed by atoms with Crippen LogP contribution in [0.2, 0.25) is 0 Å². The van der Waals surface area contributed by atoms with Gasteiger partial charge in [0.15, 0.2) is 0 Å². The minimum Gasteiger partial charge on any atom is -0.481 e. The number of carbonyl (C=O) groups is 3. The fourth-order valence-corrected chi connectivity index (χ4v) is 2.18. The standard InChI is InChI=1S/C10H18O2.C9H16O4/c1-2-3-4-5-6-7-8-9-10(11)12;10-8(11)6-4-2-1-3-5-7-9(12)13/h2H,1,3-9H2,(H,11,12);1-7H2,(H,10,11)(H,12,13). The van der Waals surface area contributed by atoms with Gasteiger partial charge in [-0.3, -0.25) is 14.4 Å². The lowest BCUT2D eigenvalue weighted by atomic mass is 10.1. The monoisotopic (exact) mass is 358 g/mol. The van der Waals surface area contributed by atoms with Crippen molar-refractivity contribution in [1.29, 1.82) is 0 Å². The van der Waals surface area contributed by atoms with Crippen LogP contribution in [0, 0.1) is 0 Å². The van der Waals surface area contributed by atoms with E-state index in [-0.39, 0.29) is 12.8 Å². The van der Waals surface area contributed by atoms with Crippen molar-refractivity contribution in [3.63, 3.8) is 0 Å². The summed E-state index contributed by atoms with van der Waals surface area (Å²) in [5.74, 6) is -2.20. The molecule has 0 saturated carbocycles. The van der Waals surface area contributed by atoms with Gasteiger partial charge in [-0.1, -0.05) is 44.6 Å². The number of carboxylic acid groups (broad SMARTS) is 3. The molecule has 0 amide bonds. The van der Waals surface area contributed by atoms with E-state index in [9.17, 15) is 14.4 Å². The van der Waals surface area contributed by atoms with Gasteiger partial charge in [0.25, 0.3) is 0 Å². The first kappa shape index (κ1) is 25.4. The molecule has 6 heteroatoms. The lowest BCUT2D eigenvalue weighted by molar-refractivity contribution is -0.138. The number of carboxylic acids is 3. The number of hydrogen-bond donors (Lipinski definition) is 3. The molecule has 0 saturated heterocycles. The van der Waals surface area contributed by atoms with Crippen LogP contribution < -0.4 is 0 Å². The molecule has 0 radical (unpaired) electrons. The molecule has 0 spiro atoms. The zero-order valence-electron chi connectivity index (χ0n) is 15.3. The van der Waals surface area contributed by atoms with Crippen molar-refractivity contribution in [2.45, 2.75) is 89.9 Å². The molecule has 0 aromatic rings. The summed E-state index contributed by atoms with van der Waals surface area (Å²) in [5, 5.41) is 25.0. The highest BCUT2D eigenvalue weighted by atomic mass is 16.4. The van der Waals surface area contributed by atoms with Crippen molar-refractivity contribution in [3.8, 4) is 0 Å². The van der Waals surface area contributed by atoms with E-state index in [2.05, 4.69) is 6.58 Å². The molecule has 6 nitrogen and oxygen atoms in total. The Morgan fingerprint density at radius 1 is 0.560 bits per heavy atom. The van der Waals surface area contributed by atoms with Crippen LogP contribution in [-0.2, 0) is 14.4 Å². The molecule has 0 aromatic carbocycles. The molecule has 3 N–H and O–H groups in total. The van der Waals surface area contributed by atoms with E-state index in [1.54, 1.807) is 0 Å². The van der Waals surface area contributed by atoms with Gasteiger partial charge in [-0.05, 0) is 32.1 Å². The maximum atomic E-state index is 10.1. The Morgan fingerprint density at radius 3 is 1.12 bits per heavy atom. The first-order chi connectivity index (χ1) is 11.9. The van der Waals surface area contributed by atoms with Gasteiger partial charge in [0, 0.05) is 19.3 Å². The zero-order valence-corrected chi connectivity index (χ0v) is 15.3. The third-order valence-corrected chi connectivity index (χ3v) is 3.58. The third kappa shape index (κ3) is 30.6. The van der Waals surface area contributed by atoms with Crippen molar-refractivity contribution < 1.29 is 29.7 Å². The predicted molar refractivity (Wildman–Crippen MR) is 97.7 cm³/mol. The Labute approximate surface area is 150 Å². The van der Waals surface area contributed by atoms with Gasteiger partial charge >= 0.3 is 17.9 Å². The average Bonchev–Trinajstić information content (AvgIpc) is 2.53. The number of hydrogen-bond acceptors (Lipinski definition) is 3. The van der Waals surface area contributed by atoms with Crippen LogP contribution in [0.1, 0.15) is 89.9 Å². The number of aliphatic carboxylic acids is 3. The molecule has 0 atom stereocenters. The molecular weight excluding hydrogens is 324 g/mol. The molecular formula is C19H34O6. The second-order valence-corrected chi connectivity index (χ2v) is 6.04. The minimum atomic E-state index is -0.759. The summed E-state index contributed by atoms with van der Waals surface area (Å²) in [6.07, 6.45) is 13.3. The molecule has 146 valence electrons. The quantitative estimate of drug-likeness (QED) is 0.268. The lowest BCUT2D eigenvalue weighted by Crippen LogP contribution is -1.95. The third-order valence-electron chi connectivity index (χ3n) is 3.58. The first-order valence-electron chi connectivity index (χ1n) is 9.16. The van der Waals surface area contributed by atoms with Crippen LogP contribution >= 0.6 is 0 Å². The lowest BCUT2D eigenvalue weighted by Gasteiger charge is -1.97. The highest BCUT2D eigenvalue weighted by Gasteiger charge is 1.98. The van der Waals surface area contributed by atoms with E-state index < -0.39 is 17.9 Å². The van der Waals surface area contributed by atoms with Crippen LogP contribution in [-0.4, -0.2) is 33.2 Å². The fourth-order valence-electron chi connectivity index (χ4n) is 2.18. The highest BCUT2D eigenvalue weighted by Crippen LogP contribution is 2.07. The molecule has 0 rings (SSSR count). The molecule has 0 bridgehead atoms. The summed E-state index contributed by atoms with van der Waals surface area (Å²) >= 11 is 0. The van der Waals surface area contributed by atoms with Crippen LogP contribution in [0.3, 0.4) is 0 Å². The Hall–Kier alpha value is -1.85. The van der Waals surface area contributed by atoms with E-state index in [0.29, 0.717) is 19.3 Å². The molecule has 0 heterocycles. The SMILES string of the molecule is C=CCCCCCCCC(=O)O.O=C(O)CCCCCCCC(=O)O. The highest BCUT2D eigenvalue weighted by molar-refractivity contribution is 5.67. The van der Waals surface area contributed by atoms with E-state index in [4.69, 9.17) is 15.3 Å². The average molecular weight is 358 g/mol. The number of rotatable bonds is 16. The molecule has 0 unspecified atom stereocenters. The largest absolute Gasteiger partial charge is 0.481 e. The summed E-state index contributed by atoms with van der Waals surface area (Å²) in [6, 6.07) is 0. The summed E-state index contributed by atoms with van der Waals surface area (Å²) in [4.78, 5) is 30.3. The van der Waals surface area contributed by atoms with Gasteiger partial charge in [-0.2, -0.15) is 0 Å². The van der Waals surface area contributed by atoms with Crippen molar-refractivity contribution in [2.75, 3.05) is 0 Å². The zero-order chi connectivity index (χ0) is 19.3. The maximum absolute atomic E-state index is 10.1. The van der Waals surface area contributed by atoms with Gasteiger partial charge < -0.3 is 15.3 Å². The van der Waals surface area contributed by atoms with E-state index in [1.807, 2.05) is 6.08 Å². The van der Waals surface area contributed by atoms with Crippen LogP contribution in [0.15, 0.2) is 12.7 Å². The van der Waals surface area contributed by atoms with Crippen molar-refractivity contribution in [1.82, 2.24) is 0 Å². The van der Waals surface area contributed by atoms with Crippen molar-refractivity contribution >= 4 is 17.9 Å². The summed E-state index contributed by atoms with van der Waals surface area (Å²) in [5.41, 5.74) is 0. The van der Waals surface area contributed by atoms with Gasteiger partial charge in [0.1, 0.15) is 0 Å². The maximum Gasteiger partial charge on any atom is 0.303 e. The number of unbranched alkanes of at least 4 members (excludes halogenated alkanes) is 9. The topological polar surface area (TPSA) is 112 Å². The molecule has 0 aliphatic heterocycles. The molecule has 0 aromatic heterocycles. The Kier molecular flexibility index (Phi) is 20.5. The first-order valence-corrected chi connectivity index (χ1v) is 9.16. The second-order valence-electron chi connectivity index (χ2n) is 6.04. The smallest absolute Gasteiger partial charge is 0.303 e. The number of allylic oxidation sites excluding steroid dienone is 1. The predicted octanol–water partition coefficient (Wildman–Crippen LogP) is 4.87.